The third-order valence-corrected chi connectivity index (χ3v) is 6.75. The minimum atomic E-state index is -0.620. The summed E-state index contributed by atoms with van der Waals surface area (Å²) in [5.74, 6) is -0.226. The summed E-state index contributed by atoms with van der Waals surface area (Å²) in [6.07, 6.45) is 0. The van der Waals surface area contributed by atoms with E-state index in [-0.39, 0.29) is 16.5 Å². The van der Waals surface area contributed by atoms with Crippen LogP contribution in [0.15, 0.2) is 66.7 Å². The maximum Gasteiger partial charge on any atom is 0.336 e. The van der Waals surface area contributed by atoms with Gasteiger partial charge in [0.05, 0.1) is 27.7 Å². The van der Waals surface area contributed by atoms with E-state index < -0.39 is 17.8 Å². The fourth-order valence-corrected chi connectivity index (χ4v) is 4.42. The van der Waals surface area contributed by atoms with E-state index in [0.29, 0.717) is 28.5 Å². The van der Waals surface area contributed by atoms with Crippen LogP contribution in [0.1, 0.15) is 10.4 Å². The van der Waals surface area contributed by atoms with Crippen LogP contribution in [0.3, 0.4) is 0 Å². The number of carbonyl (C=O) groups excluding carboxylic acids is 3. The Labute approximate surface area is 235 Å². The number of hydrogen-bond donors (Lipinski definition) is 4. The molecule has 38 heavy (non-hydrogen) atoms. The molecule has 0 saturated heterocycles. The number of thioether (sulfide) groups is 1. The molecule has 3 N–H and O–H groups in total. The molecular weight excluding hydrogens is 549 g/mol. The van der Waals surface area contributed by atoms with Crippen LogP contribution < -0.4 is 20.3 Å². The maximum absolute atomic E-state index is 13.8. The lowest BCUT2D eigenvalue weighted by atomic mass is 10.2. The molecule has 3 rings (SSSR count). The maximum atomic E-state index is 13.8. The van der Waals surface area contributed by atoms with Gasteiger partial charge in [-0.1, -0.05) is 36.5 Å². The molecule has 12 heteroatoms. The van der Waals surface area contributed by atoms with Crippen molar-refractivity contribution in [2.45, 2.75) is 0 Å². The van der Waals surface area contributed by atoms with Crippen molar-refractivity contribution >= 4 is 76.8 Å². The second kappa shape index (κ2) is 14.1. The normalized spacial score (nSPS) is 10.7. The van der Waals surface area contributed by atoms with Crippen molar-refractivity contribution in [3.8, 4) is 0 Å². The molecular formula is C26H27ClFN5O3S2. The molecule has 0 unspecified atom stereocenters. The number of nitrogens with zero attached hydrogens (tertiary/aromatic N) is 2. The van der Waals surface area contributed by atoms with Crippen molar-refractivity contribution in [2.75, 3.05) is 52.4 Å². The number of amides is 4. The number of rotatable bonds is 10. The first-order valence-electron chi connectivity index (χ1n) is 11.4. The second-order valence-electron chi connectivity index (χ2n) is 8.32. The lowest BCUT2D eigenvalue weighted by molar-refractivity contribution is -0.113. The number of urea groups is 1. The van der Waals surface area contributed by atoms with Gasteiger partial charge in [-0.15, -0.1) is 0 Å². The van der Waals surface area contributed by atoms with Crippen LogP contribution in [0.5, 0.6) is 0 Å². The zero-order chi connectivity index (χ0) is 27.7. The van der Waals surface area contributed by atoms with E-state index >= 15 is 0 Å². The van der Waals surface area contributed by atoms with Gasteiger partial charge < -0.3 is 20.9 Å². The number of carbonyl (C=O) groups is 3. The Morgan fingerprint density at radius 3 is 2.29 bits per heavy atom. The molecule has 0 atom stereocenters. The van der Waals surface area contributed by atoms with Gasteiger partial charge in [-0.2, -0.15) is 11.8 Å². The van der Waals surface area contributed by atoms with Crippen molar-refractivity contribution in [1.82, 2.24) is 4.90 Å². The Balaban J connectivity index is 1.53. The molecule has 200 valence electrons. The van der Waals surface area contributed by atoms with Gasteiger partial charge in [-0.25, -0.2) is 13.5 Å². The minimum Gasteiger partial charge on any atom is -0.324 e. The van der Waals surface area contributed by atoms with E-state index in [1.165, 1.54) is 36.0 Å². The van der Waals surface area contributed by atoms with Crippen LogP contribution in [0.4, 0.5) is 31.9 Å². The number of anilines is 4. The van der Waals surface area contributed by atoms with Crippen LogP contribution in [0, 0.1) is 5.82 Å². The van der Waals surface area contributed by atoms with Crippen LogP contribution in [0.2, 0.25) is 5.02 Å². The number of thiol groups is 1. The van der Waals surface area contributed by atoms with E-state index in [2.05, 4.69) is 28.8 Å². The highest BCUT2D eigenvalue weighted by Crippen LogP contribution is 2.27. The molecule has 4 amide bonds. The molecule has 0 aliphatic heterocycles. The predicted molar refractivity (Wildman–Crippen MR) is 157 cm³/mol. The average Bonchev–Trinajstić information content (AvgIpc) is 2.88. The van der Waals surface area contributed by atoms with E-state index in [4.69, 9.17) is 11.6 Å². The lowest BCUT2D eigenvalue weighted by Gasteiger charge is -2.18. The fraction of sp³-hybridized carbons (Fsp3) is 0.192. The SMILES string of the molecule is CN(C)CCSCC(=O)Nc1ccc(NC(=O)N(S)c2ccc(NC(=O)c3ccccc3F)cc2)cc1Cl. The smallest absolute Gasteiger partial charge is 0.324 e. The summed E-state index contributed by atoms with van der Waals surface area (Å²) in [4.78, 5) is 39.2. The van der Waals surface area contributed by atoms with Crippen LogP contribution in [-0.4, -0.2) is 54.9 Å². The van der Waals surface area contributed by atoms with Gasteiger partial charge in [-0.05, 0) is 68.7 Å². The number of nitrogens with one attached hydrogen (secondary N) is 3. The average molecular weight is 576 g/mol. The fourth-order valence-electron chi connectivity index (χ4n) is 3.12. The Morgan fingerprint density at radius 1 is 0.947 bits per heavy atom. The molecule has 3 aromatic carbocycles. The van der Waals surface area contributed by atoms with Gasteiger partial charge in [0.2, 0.25) is 5.91 Å². The zero-order valence-electron chi connectivity index (χ0n) is 20.7. The van der Waals surface area contributed by atoms with E-state index in [9.17, 15) is 18.8 Å². The van der Waals surface area contributed by atoms with Crippen molar-refractivity contribution < 1.29 is 18.8 Å². The summed E-state index contributed by atoms with van der Waals surface area (Å²) < 4.78 is 14.9. The van der Waals surface area contributed by atoms with Crippen LogP contribution in [0.25, 0.3) is 0 Å². The quantitative estimate of drug-likeness (QED) is 0.180. The van der Waals surface area contributed by atoms with Gasteiger partial charge in [0.25, 0.3) is 5.91 Å². The molecule has 0 aliphatic rings. The largest absolute Gasteiger partial charge is 0.336 e. The first-order valence-corrected chi connectivity index (χ1v) is 13.3. The highest BCUT2D eigenvalue weighted by Gasteiger charge is 2.15. The summed E-state index contributed by atoms with van der Waals surface area (Å²) in [6, 6.07) is 16.1. The molecule has 0 aromatic heterocycles. The topological polar surface area (TPSA) is 93.8 Å². The molecule has 0 spiro atoms. The Hall–Kier alpha value is -3.25. The predicted octanol–water partition coefficient (Wildman–Crippen LogP) is 5.85. The van der Waals surface area contributed by atoms with Gasteiger partial charge in [0.15, 0.2) is 0 Å². The first kappa shape index (κ1) is 29.3. The number of halogens is 2. The summed E-state index contributed by atoms with van der Waals surface area (Å²) in [6.45, 7) is 0.880. The summed E-state index contributed by atoms with van der Waals surface area (Å²) in [5, 5.41) is 8.33. The van der Waals surface area contributed by atoms with E-state index in [1.54, 1.807) is 42.5 Å². The summed E-state index contributed by atoms with van der Waals surface area (Å²) in [7, 11) is 3.95. The summed E-state index contributed by atoms with van der Waals surface area (Å²) >= 11 is 12.1. The standard InChI is InChI=1S/C26H27ClFN5O3S2/c1-32(2)13-14-38-16-24(34)31-23-12-9-18(15-21(23)27)30-26(36)33(37)19-10-7-17(8-11-19)29-25(35)20-5-3-4-6-22(20)28/h3-12,15,37H,13-14,16H2,1-2H3,(H,29,35)(H,30,36)(H,31,34). The monoisotopic (exact) mass is 575 g/mol. The van der Waals surface area contributed by atoms with Crippen molar-refractivity contribution in [3.63, 3.8) is 0 Å². The third-order valence-electron chi connectivity index (χ3n) is 5.09. The summed E-state index contributed by atoms with van der Waals surface area (Å²) in [5.41, 5.74) is 1.63. The van der Waals surface area contributed by atoms with Crippen molar-refractivity contribution in [1.29, 1.82) is 0 Å². The van der Waals surface area contributed by atoms with Crippen LogP contribution in [-0.2, 0) is 4.79 Å². The molecule has 8 nitrogen and oxygen atoms in total. The van der Waals surface area contributed by atoms with Crippen LogP contribution >= 0.6 is 36.2 Å². The first-order chi connectivity index (χ1) is 18.1. The Morgan fingerprint density at radius 2 is 1.63 bits per heavy atom. The van der Waals surface area contributed by atoms with Crippen molar-refractivity contribution in [3.05, 3.63) is 83.1 Å². The van der Waals surface area contributed by atoms with Crippen molar-refractivity contribution in [2.24, 2.45) is 0 Å². The molecule has 0 aliphatic carbocycles. The van der Waals surface area contributed by atoms with Gasteiger partial charge in [-0.3, -0.25) is 9.59 Å². The Kier molecular flexibility index (Phi) is 10.8. The molecule has 0 radical (unpaired) electrons. The second-order valence-corrected chi connectivity index (χ2v) is 10.2. The highest BCUT2D eigenvalue weighted by atomic mass is 35.5. The van der Waals surface area contributed by atoms with Gasteiger partial charge in [0.1, 0.15) is 5.82 Å². The third kappa shape index (κ3) is 8.66. The number of benzene rings is 3. The lowest BCUT2D eigenvalue weighted by Crippen LogP contribution is -2.26. The highest BCUT2D eigenvalue weighted by molar-refractivity contribution is 7.99. The Bertz CT molecular complexity index is 1290. The number of hydrogen-bond acceptors (Lipinski definition) is 6. The van der Waals surface area contributed by atoms with E-state index in [0.717, 1.165) is 16.6 Å². The molecule has 0 heterocycles. The zero-order valence-corrected chi connectivity index (χ0v) is 23.2. The molecule has 0 fully saturated rings. The minimum absolute atomic E-state index is 0.0742. The molecule has 0 bridgehead atoms. The van der Waals surface area contributed by atoms with E-state index in [1.807, 2.05) is 19.0 Å². The molecule has 3 aromatic rings. The van der Waals surface area contributed by atoms with Gasteiger partial charge in [0, 0.05) is 23.7 Å². The van der Waals surface area contributed by atoms with Gasteiger partial charge >= 0.3 is 6.03 Å². The molecule has 0 saturated carbocycles.